The SMILES string of the molecule is NC(=NCc1nc(C(F)(F)F)cs1)N1CCN(c2nccs2)CC1. The summed E-state index contributed by atoms with van der Waals surface area (Å²) in [5, 5.41) is 4.20. The van der Waals surface area contributed by atoms with E-state index >= 15 is 0 Å². The average molecular weight is 376 g/mol. The highest BCUT2D eigenvalue weighted by Gasteiger charge is 2.33. The third kappa shape index (κ3) is 3.96. The van der Waals surface area contributed by atoms with Crippen LogP contribution in [0, 0.1) is 0 Å². The molecule has 3 heterocycles. The predicted octanol–water partition coefficient (Wildman–Crippen LogP) is 2.26. The van der Waals surface area contributed by atoms with E-state index in [0.29, 0.717) is 24.1 Å². The Morgan fingerprint density at radius 1 is 1.25 bits per heavy atom. The molecule has 2 N–H and O–H groups in total. The molecule has 11 heteroatoms. The number of hydrogen-bond acceptors (Lipinski definition) is 6. The first-order valence-electron chi connectivity index (χ1n) is 7.14. The van der Waals surface area contributed by atoms with Crippen molar-refractivity contribution in [3.8, 4) is 0 Å². The maximum absolute atomic E-state index is 12.5. The topological polar surface area (TPSA) is 70.6 Å². The second-order valence-corrected chi connectivity index (χ2v) is 6.90. The number of aliphatic imine (C=N–C) groups is 1. The third-order valence-electron chi connectivity index (χ3n) is 3.51. The van der Waals surface area contributed by atoms with Crippen LogP contribution in [0.4, 0.5) is 18.3 Å². The van der Waals surface area contributed by atoms with Gasteiger partial charge in [-0.25, -0.2) is 15.0 Å². The molecule has 1 aliphatic heterocycles. The fourth-order valence-corrected chi connectivity index (χ4v) is 3.68. The molecule has 130 valence electrons. The van der Waals surface area contributed by atoms with Crippen LogP contribution in [0.1, 0.15) is 10.7 Å². The molecule has 1 fully saturated rings. The van der Waals surface area contributed by atoms with Gasteiger partial charge in [0.2, 0.25) is 0 Å². The van der Waals surface area contributed by atoms with Crippen LogP contribution in [-0.2, 0) is 12.7 Å². The Morgan fingerprint density at radius 3 is 2.58 bits per heavy atom. The number of anilines is 1. The summed E-state index contributed by atoms with van der Waals surface area (Å²) in [5.41, 5.74) is 5.07. The number of nitrogens with zero attached hydrogens (tertiary/aromatic N) is 5. The first-order valence-corrected chi connectivity index (χ1v) is 8.90. The van der Waals surface area contributed by atoms with Crippen LogP contribution in [-0.4, -0.2) is 47.0 Å². The van der Waals surface area contributed by atoms with Gasteiger partial charge in [0.25, 0.3) is 0 Å². The van der Waals surface area contributed by atoms with Crippen molar-refractivity contribution in [2.75, 3.05) is 31.1 Å². The summed E-state index contributed by atoms with van der Waals surface area (Å²) in [6.45, 7) is 3.00. The Morgan fingerprint density at radius 2 is 2.00 bits per heavy atom. The van der Waals surface area contributed by atoms with E-state index in [9.17, 15) is 13.2 Å². The number of aromatic nitrogens is 2. The second-order valence-electron chi connectivity index (χ2n) is 5.09. The highest BCUT2D eigenvalue weighted by molar-refractivity contribution is 7.13. The lowest BCUT2D eigenvalue weighted by atomic mass is 10.3. The zero-order valence-electron chi connectivity index (χ0n) is 12.5. The molecule has 0 aromatic carbocycles. The fourth-order valence-electron chi connectivity index (χ4n) is 2.26. The first-order chi connectivity index (χ1) is 11.4. The van der Waals surface area contributed by atoms with E-state index < -0.39 is 11.9 Å². The molecule has 0 radical (unpaired) electrons. The summed E-state index contributed by atoms with van der Waals surface area (Å²) in [4.78, 5) is 16.1. The number of nitrogens with two attached hydrogens (primary N) is 1. The van der Waals surface area contributed by atoms with Gasteiger partial charge in [0, 0.05) is 43.1 Å². The van der Waals surface area contributed by atoms with E-state index in [-0.39, 0.29) is 6.54 Å². The lowest BCUT2D eigenvalue weighted by Crippen LogP contribution is -2.51. The lowest BCUT2D eigenvalue weighted by Gasteiger charge is -2.35. The van der Waals surface area contributed by atoms with Gasteiger partial charge < -0.3 is 15.5 Å². The van der Waals surface area contributed by atoms with Gasteiger partial charge in [0.05, 0.1) is 6.54 Å². The summed E-state index contributed by atoms with van der Waals surface area (Å²) in [7, 11) is 0. The number of thiazole rings is 2. The van der Waals surface area contributed by atoms with Crippen molar-refractivity contribution in [1.82, 2.24) is 14.9 Å². The van der Waals surface area contributed by atoms with Gasteiger partial charge in [-0.2, -0.15) is 13.2 Å². The van der Waals surface area contributed by atoms with Gasteiger partial charge in [-0.05, 0) is 0 Å². The van der Waals surface area contributed by atoms with Crippen molar-refractivity contribution in [2.45, 2.75) is 12.7 Å². The highest BCUT2D eigenvalue weighted by Crippen LogP contribution is 2.30. The van der Waals surface area contributed by atoms with E-state index in [0.717, 1.165) is 34.9 Å². The molecule has 0 amide bonds. The van der Waals surface area contributed by atoms with Crippen molar-refractivity contribution < 1.29 is 13.2 Å². The smallest absolute Gasteiger partial charge is 0.370 e. The van der Waals surface area contributed by atoms with Crippen molar-refractivity contribution >= 4 is 33.8 Å². The minimum absolute atomic E-state index is 0.0548. The molecular weight excluding hydrogens is 361 g/mol. The van der Waals surface area contributed by atoms with Gasteiger partial charge >= 0.3 is 6.18 Å². The Kier molecular flexibility index (Phi) is 4.90. The van der Waals surface area contributed by atoms with Gasteiger partial charge in [-0.3, -0.25) is 0 Å². The summed E-state index contributed by atoms with van der Waals surface area (Å²) >= 11 is 2.52. The van der Waals surface area contributed by atoms with Crippen molar-refractivity contribution in [3.63, 3.8) is 0 Å². The van der Waals surface area contributed by atoms with Gasteiger partial charge in [0.15, 0.2) is 16.8 Å². The largest absolute Gasteiger partial charge is 0.434 e. The van der Waals surface area contributed by atoms with Crippen LogP contribution in [0.2, 0.25) is 0 Å². The van der Waals surface area contributed by atoms with E-state index in [1.54, 1.807) is 17.5 Å². The van der Waals surface area contributed by atoms with Crippen molar-refractivity contribution in [3.05, 3.63) is 27.7 Å². The molecule has 0 spiro atoms. The fraction of sp³-hybridized carbons (Fsp3) is 0.462. The molecule has 2 aromatic rings. The standard InChI is InChI=1S/C13H15F3N6S2/c14-13(15,16)9-8-24-10(20-9)7-19-11(17)21-2-4-22(5-3-21)12-18-1-6-23-12/h1,6,8H,2-5,7H2,(H2,17,19). The minimum Gasteiger partial charge on any atom is -0.370 e. The number of rotatable bonds is 3. The van der Waals surface area contributed by atoms with E-state index in [1.807, 2.05) is 10.3 Å². The summed E-state index contributed by atoms with van der Waals surface area (Å²) in [5.74, 6) is 0.331. The minimum atomic E-state index is -4.42. The average Bonchev–Trinajstić information content (AvgIpc) is 3.23. The molecule has 2 aromatic heterocycles. The highest BCUT2D eigenvalue weighted by atomic mass is 32.1. The number of alkyl halides is 3. The Bertz CT molecular complexity index is 689. The van der Waals surface area contributed by atoms with Gasteiger partial charge in [-0.15, -0.1) is 22.7 Å². The van der Waals surface area contributed by atoms with Gasteiger partial charge in [0.1, 0.15) is 5.01 Å². The van der Waals surface area contributed by atoms with E-state index in [1.165, 1.54) is 0 Å². The van der Waals surface area contributed by atoms with Crippen molar-refractivity contribution in [1.29, 1.82) is 0 Å². The molecule has 0 bridgehead atoms. The van der Waals surface area contributed by atoms with Crippen LogP contribution in [0.15, 0.2) is 21.9 Å². The molecule has 0 aliphatic carbocycles. The van der Waals surface area contributed by atoms with E-state index in [4.69, 9.17) is 5.73 Å². The normalized spacial score (nSPS) is 16.7. The molecule has 3 rings (SSSR count). The second kappa shape index (κ2) is 6.93. The molecule has 24 heavy (non-hydrogen) atoms. The molecule has 0 unspecified atom stereocenters. The number of hydrogen-bond donors (Lipinski definition) is 1. The summed E-state index contributed by atoms with van der Waals surface area (Å²) in [6.07, 6.45) is -2.65. The quantitative estimate of drug-likeness (QED) is 0.657. The Balaban J connectivity index is 1.54. The van der Waals surface area contributed by atoms with E-state index in [2.05, 4.69) is 19.9 Å². The third-order valence-corrected chi connectivity index (χ3v) is 5.18. The number of piperazine rings is 1. The molecule has 6 nitrogen and oxygen atoms in total. The zero-order chi connectivity index (χ0) is 17.2. The first kappa shape index (κ1) is 17.0. The van der Waals surface area contributed by atoms with Crippen LogP contribution in [0.25, 0.3) is 0 Å². The van der Waals surface area contributed by atoms with Crippen LogP contribution >= 0.6 is 22.7 Å². The maximum Gasteiger partial charge on any atom is 0.434 e. The molecular formula is C13H15F3N6S2. The Labute approximate surface area is 144 Å². The molecule has 0 atom stereocenters. The molecule has 1 aliphatic rings. The van der Waals surface area contributed by atoms with Crippen LogP contribution < -0.4 is 10.6 Å². The maximum atomic E-state index is 12.5. The summed E-state index contributed by atoms with van der Waals surface area (Å²) < 4.78 is 37.5. The molecule has 1 saturated heterocycles. The zero-order valence-corrected chi connectivity index (χ0v) is 14.2. The lowest BCUT2D eigenvalue weighted by molar-refractivity contribution is -0.140. The van der Waals surface area contributed by atoms with Gasteiger partial charge in [-0.1, -0.05) is 0 Å². The number of halogens is 3. The van der Waals surface area contributed by atoms with Crippen LogP contribution in [0.5, 0.6) is 0 Å². The summed E-state index contributed by atoms with van der Waals surface area (Å²) in [6, 6.07) is 0. The predicted molar refractivity (Wildman–Crippen MR) is 88.3 cm³/mol. The monoisotopic (exact) mass is 376 g/mol. The Hall–Kier alpha value is -1.88. The molecule has 0 saturated carbocycles. The van der Waals surface area contributed by atoms with Crippen LogP contribution in [0.3, 0.4) is 0 Å². The number of guanidine groups is 1. The van der Waals surface area contributed by atoms with Crippen molar-refractivity contribution in [2.24, 2.45) is 10.7 Å².